The minimum Gasteiger partial charge on any atom is -0.489 e. The van der Waals surface area contributed by atoms with Crippen LogP contribution in [0.15, 0.2) is 60.7 Å². The first-order valence-corrected chi connectivity index (χ1v) is 20.8. The van der Waals surface area contributed by atoms with Crippen LogP contribution in [0.25, 0.3) is 5.57 Å². The molecule has 0 aliphatic rings. The van der Waals surface area contributed by atoms with E-state index in [1.165, 1.54) is 11.6 Å². The standard InChI is InChI=1S/C35H54O5Si2/c1-13-37-31(36)19-14-16-25(2)27-18-15-17-26(22-27)24-38-28-20-21-29(32(34(3,4)5)39-41(9)10)30(23-28)33(35(6,7)8)40-42(11)12/h14-23,32-33,41-42H,13,24H2,1-12H3. The summed E-state index contributed by atoms with van der Waals surface area (Å²) in [6.45, 7) is 27.1. The molecule has 0 fully saturated rings. The van der Waals surface area contributed by atoms with Gasteiger partial charge in [0.25, 0.3) is 0 Å². The van der Waals surface area contributed by atoms with Crippen LogP contribution in [-0.2, 0) is 25.0 Å². The average Bonchev–Trinajstić information content (AvgIpc) is 2.88. The summed E-state index contributed by atoms with van der Waals surface area (Å²) >= 11 is 0. The van der Waals surface area contributed by atoms with Gasteiger partial charge in [0.1, 0.15) is 12.4 Å². The lowest BCUT2D eigenvalue weighted by Crippen LogP contribution is -2.31. The second-order valence-corrected chi connectivity index (χ2v) is 18.3. The molecular weight excluding hydrogens is 557 g/mol. The molecule has 0 bridgehead atoms. The SMILES string of the molecule is CCOC(=O)C=CC=C(C)c1cccc(COc2ccc(C(O[SiH](C)C)C(C)(C)C)c(C(O[SiH](C)C)C(C)(C)C)c2)c1. The van der Waals surface area contributed by atoms with Gasteiger partial charge in [-0.05, 0) is 96.9 Å². The Morgan fingerprint density at radius 2 is 1.45 bits per heavy atom. The number of esters is 1. The van der Waals surface area contributed by atoms with Crippen LogP contribution in [0.1, 0.15) is 89.9 Å². The van der Waals surface area contributed by atoms with Crippen LogP contribution in [0.5, 0.6) is 5.75 Å². The third-order valence-corrected chi connectivity index (χ3v) is 8.30. The molecule has 232 valence electrons. The van der Waals surface area contributed by atoms with Crippen LogP contribution >= 0.6 is 0 Å². The molecule has 2 aromatic rings. The smallest absolute Gasteiger partial charge is 0.330 e. The van der Waals surface area contributed by atoms with E-state index in [0.717, 1.165) is 28.0 Å². The molecule has 2 rings (SSSR count). The zero-order valence-electron chi connectivity index (χ0n) is 28.0. The third kappa shape index (κ3) is 11.3. The highest BCUT2D eigenvalue weighted by Gasteiger charge is 2.36. The van der Waals surface area contributed by atoms with Crippen LogP contribution in [0, 0.1) is 10.8 Å². The number of ether oxygens (including phenoxy) is 2. The number of rotatable bonds is 13. The first-order valence-electron chi connectivity index (χ1n) is 15.2. The van der Waals surface area contributed by atoms with Crippen molar-refractivity contribution in [2.24, 2.45) is 10.8 Å². The number of hydrogen-bond donors (Lipinski definition) is 0. The number of carbonyl (C=O) groups is 1. The molecule has 2 atom stereocenters. The van der Waals surface area contributed by atoms with Gasteiger partial charge in [-0.2, -0.15) is 0 Å². The number of carbonyl (C=O) groups excluding carboxylic acids is 1. The predicted octanol–water partition coefficient (Wildman–Crippen LogP) is 8.96. The van der Waals surface area contributed by atoms with Gasteiger partial charge in [-0.1, -0.05) is 78.0 Å². The number of allylic oxidation sites excluding steroid dienone is 3. The summed E-state index contributed by atoms with van der Waals surface area (Å²) in [5.41, 5.74) is 5.40. The van der Waals surface area contributed by atoms with Gasteiger partial charge in [-0.15, -0.1) is 0 Å². The van der Waals surface area contributed by atoms with Crippen LogP contribution < -0.4 is 4.74 Å². The van der Waals surface area contributed by atoms with Crippen molar-refractivity contribution in [1.82, 2.24) is 0 Å². The molecule has 0 heterocycles. The zero-order valence-corrected chi connectivity index (χ0v) is 30.3. The Kier molecular flexibility index (Phi) is 13.5. The van der Waals surface area contributed by atoms with E-state index in [9.17, 15) is 4.79 Å². The molecule has 0 aromatic heterocycles. The maximum absolute atomic E-state index is 11.6. The van der Waals surface area contributed by atoms with Gasteiger partial charge in [0.15, 0.2) is 18.1 Å². The van der Waals surface area contributed by atoms with Crippen LogP contribution in [0.3, 0.4) is 0 Å². The predicted molar refractivity (Wildman–Crippen MR) is 181 cm³/mol. The van der Waals surface area contributed by atoms with Crippen molar-refractivity contribution in [1.29, 1.82) is 0 Å². The molecule has 42 heavy (non-hydrogen) atoms. The molecule has 0 spiro atoms. The molecular formula is C35H54O5Si2. The fourth-order valence-electron chi connectivity index (χ4n) is 4.77. The molecule has 0 saturated carbocycles. The topological polar surface area (TPSA) is 54.0 Å². The van der Waals surface area contributed by atoms with E-state index in [-0.39, 0.29) is 29.0 Å². The number of benzene rings is 2. The van der Waals surface area contributed by atoms with Crippen molar-refractivity contribution in [3.05, 3.63) is 82.9 Å². The van der Waals surface area contributed by atoms with Gasteiger partial charge in [-0.3, -0.25) is 0 Å². The Balaban J connectivity index is 2.43. The monoisotopic (exact) mass is 610 g/mol. The largest absolute Gasteiger partial charge is 0.489 e. The van der Waals surface area contributed by atoms with Gasteiger partial charge in [0.05, 0.1) is 18.8 Å². The van der Waals surface area contributed by atoms with Gasteiger partial charge >= 0.3 is 5.97 Å². The van der Waals surface area contributed by atoms with Gasteiger partial charge < -0.3 is 18.3 Å². The third-order valence-electron chi connectivity index (χ3n) is 6.67. The summed E-state index contributed by atoms with van der Waals surface area (Å²) in [4.78, 5) is 11.6. The van der Waals surface area contributed by atoms with Crippen molar-refractivity contribution in [3.8, 4) is 5.75 Å². The summed E-state index contributed by atoms with van der Waals surface area (Å²) in [6, 6.07) is 14.7. The molecule has 0 saturated heterocycles. The zero-order chi connectivity index (χ0) is 31.7. The molecule has 2 unspecified atom stereocenters. The minimum absolute atomic E-state index is 0.0279. The quantitative estimate of drug-likeness (QED) is 0.0981. The average molecular weight is 611 g/mol. The Morgan fingerprint density at radius 1 is 0.857 bits per heavy atom. The fourth-order valence-corrected chi connectivity index (χ4v) is 6.97. The summed E-state index contributed by atoms with van der Waals surface area (Å²) < 4.78 is 24.8. The molecule has 0 aliphatic heterocycles. The summed E-state index contributed by atoms with van der Waals surface area (Å²) in [7, 11) is -2.66. The second kappa shape index (κ2) is 15.9. The van der Waals surface area contributed by atoms with E-state index in [1.807, 2.05) is 19.1 Å². The summed E-state index contributed by atoms with van der Waals surface area (Å²) in [5, 5.41) is 0. The van der Waals surface area contributed by atoms with Gasteiger partial charge in [0, 0.05) is 6.08 Å². The first-order chi connectivity index (χ1) is 19.5. The molecule has 7 heteroatoms. The highest BCUT2D eigenvalue weighted by Crippen LogP contribution is 2.46. The van der Waals surface area contributed by atoms with Crippen molar-refractivity contribution in [3.63, 3.8) is 0 Å². The van der Waals surface area contributed by atoms with Gasteiger partial charge in [0.2, 0.25) is 0 Å². The maximum atomic E-state index is 11.6. The normalized spacial score (nSPS) is 14.5. The number of hydrogen-bond acceptors (Lipinski definition) is 5. The molecule has 0 radical (unpaired) electrons. The summed E-state index contributed by atoms with van der Waals surface area (Å²) in [5.74, 6) is 0.483. The Bertz CT molecular complexity index is 1220. The molecule has 2 aromatic carbocycles. The van der Waals surface area contributed by atoms with E-state index < -0.39 is 18.1 Å². The van der Waals surface area contributed by atoms with Crippen LogP contribution in [0.2, 0.25) is 26.2 Å². The van der Waals surface area contributed by atoms with E-state index in [0.29, 0.717) is 13.2 Å². The molecule has 0 N–H and O–H groups in total. The maximum Gasteiger partial charge on any atom is 0.330 e. The van der Waals surface area contributed by atoms with E-state index in [2.05, 4.69) is 104 Å². The van der Waals surface area contributed by atoms with Crippen LogP contribution in [-0.4, -0.2) is 30.7 Å². The molecule has 5 nitrogen and oxygen atoms in total. The summed E-state index contributed by atoms with van der Waals surface area (Å²) in [6.07, 6.45) is 4.99. The Labute approximate surface area is 258 Å². The molecule has 0 amide bonds. The lowest BCUT2D eigenvalue weighted by atomic mass is 9.77. The lowest BCUT2D eigenvalue weighted by molar-refractivity contribution is -0.137. The van der Waals surface area contributed by atoms with Crippen molar-refractivity contribution in [2.75, 3.05) is 6.61 Å². The highest BCUT2D eigenvalue weighted by molar-refractivity contribution is 6.48. The van der Waals surface area contributed by atoms with Crippen molar-refractivity contribution < 1.29 is 23.1 Å². The van der Waals surface area contributed by atoms with Crippen molar-refractivity contribution in [2.45, 2.75) is 100 Å². The fraction of sp³-hybridized carbons (Fsp3) is 0.514. The first kappa shape index (κ1) is 35.7. The van der Waals surface area contributed by atoms with Crippen molar-refractivity contribution >= 4 is 29.6 Å². The second-order valence-electron chi connectivity index (χ2n) is 13.6. The highest BCUT2D eigenvalue weighted by atomic mass is 28.3. The Morgan fingerprint density at radius 3 is 2.00 bits per heavy atom. The van der Waals surface area contributed by atoms with E-state index in [4.69, 9.17) is 18.3 Å². The van der Waals surface area contributed by atoms with Gasteiger partial charge in [-0.25, -0.2) is 4.79 Å². The lowest BCUT2D eigenvalue weighted by Gasteiger charge is -2.39. The minimum atomic E-state index is -1.34. The molecule has 0 aliphatic carbocycles. The van der Waals surface area contributed by atoms with E-state index >= 15 is 0 Å². The Hall–Kier alpha value is -2.46. The van der Waals surface area contributed by atoms with E-state index in [1.54, 1.807) is 13.0 Å². The van der Waals surface area contributed by atoms with Crippen LogP contribution in [0.4, 0.5) is 0 Å².